The number of hydrogen-bond donors (Lipinski definition) is 0. The minimum Gasteiger partial charge on any atom is -0.0616 e. The predicted octanol–water partition coefficient (Wildman–Crippen LogP) is 16.9. The van der Waals surface area contributed by atoms with Gasteiger partial charge in [-0.15, -0.1) is 0 Å². The van der Waals surface area contributed by atoms with Crippen LogP contribution in [0.2, 0.25) is 0 Å². The van der Waals surface area contributed by atoms with Crippen LogP contribution in [0.15, 0.2) is 206 Å². The Bertz CT molecular complexity index is 3190. The lowest BCUT2D eigenvalue weighted by atomic mass is 9.79. The van der Waals surface area contributed by atoms with Gasteiger partial charge in [-0.3, -0.25) is 0 Å². The Morgan fingerprint density at radius 2 is 0.500 bits per heavy atom. The molecular formula is C62H46. The average Bonchev–Trinajstić information content (AvgIpc) is 3.69. The minimum absolute atomic E-state index is 0.130. The minimum atomic E-state index is -0.130. The average molecular weight is 791 g/mol. The Balaban J connectivity index is 0.824. The third-order valence-electron chi connectivity index (χ3n) is 14.3. The van der Waals surface area contributed by atoms with Crippen molar-refractivity contribution >= 4 is 21.5 Å². The van der Waals surface area contributed by atoms with Gasteiger partial charge in [-0.25, -0.2) is 0 Å². The summed E-state index contributed by atoms with van der Waals surface area (Å²) >= 11 is 0. The van der Waals surface area contributed by atoms with E-state index in [9.17, 15) is 0 Å². The second kappa shape index (κ2) is 13.6. The molecule has 0 radical (unpaired) electrons. The molecule has 0 bridgehead atoms. The standard InChI is InChI=1S/C62H46/c1-61(2)57-35-45(39-19-23-43(24-20-39)51-17-9-13-41-11-5-7-15-49(41)51)27-31-53(57)55-33-29-47(37-59(55)61)48-30-34-56-54-32-28-46(36-58(54)62(3,4)60(56)38-48)40-21-25-44(26-22-40)52-18-10-14-42-12-6-8-16-50(42)52/h5-38H,1-4H3. The van der Waals surface area contributed by atoms with Crippen molar-refractivity contribution in [2.24, 2.45) is 0 Å². The summed E-state index contributed by atoms with van der Waals surface area (Å²) in [5.74, 6) is 0. The topological polar surface area (TPSA) is 0 Å². The zero-order valence-corrected chi connectivity index (χ0v) is 35.6. The van der Waals surface area contributed by atoms with Gasteiger partial charge in [0, 0.05) is 10.8 Å². The number of rotatable bonds is 5. The summed E-state index contributed by atoms with van der Waals surface area (Å²) in [5.41, 5.74) is 23.3. The van der Waals surface area contributed by atoms with Gasteiger partial charge in [-0.1, -0.05) is 210 Å². The highest BCUT2D eigenvalue weighted by Gasteiger charge is 2.38. The molecular weight excluding hydrogens is 745 g/mol. The van der Waals surface area contributed by atoms with E-state index in [-0.39, 0.29) is 10.8 Å². The zero-order valence-electron chi connectivity index (χ0n) is 35.6. The Morgan fingerprint density at radius 1 is 0.226 bits per heavy atom. The van der Waals surface area contributed by atoms with Gasteiger partial charge in [-0.2, -0.15) is 0 Å². The predicted molar refractivity (Wildman–Crippen MR) is 264 cm³/mol. The first-order chi connectivity index (χ1) is 30.2. The van der Waals surface area contributed by atoms with E-state index in [4.69, 9.17) is 0 Å². The van der Waals surface area contributed by atoms with Crippen molar-refractivity contribution < 1.29 is 0 Å². The van der Waals surface area contributed by atoms with Crippen LogP contribution in [0.1, 0.15) is 49.9 Å². The van der Waals surface area contributed by atoms with Gasteiger partial charge in [0.1, 0.15) is 0 Å². The molecule has 0 aromatic heterocycles. The molecule has 0 amide bonds. The highest BCUT2D eigenvalue weighted by Crippen LogP contribution is 2.53. The molecule has 0 aliphatic heterocycles. The molecule has 0 nitrogen and oxygen atoms in total. The third kappa shape index (κ3) is 5.60. The van der Waals surface area contributed by atoms with Gasteiger partial charge in [0.2, 0.25) is 0 Å². The molecule has 0 unspecified atom stereocenters. The first kappa shape index (κ1) is 36.6. The second-order valence-corrected chi connectivity index (χ2v) is 18.5. The van der Waals surface area contributed by atoms with Crippen LogP contribution in [0.5, 0.6) is 0 Å². The fourth-order valence-electron chi connectivity index (χ4n) is 10.8. The van der Waals surface area contributed by atoms with E-state index in [0.717, 1.165) is 0 Å². The Kier molecular flexibility index (Phi) is 8.03. The molecule has 0 saturated carbocycles. The monoisotopic (exact) mass is 790 g/mol. The summed E-state index contributed by atoms with van der Waals surface area (Å²) in [7, 11) is 0. The van der Waals surface area contributed by atoms with Crippen LogP contribution >= 0.6 is 0 Å². The SMILES string of the molecule is CC1(C)c2cc(-c3ccc(-c4cccc5ccccc45)cc3)ccc2-c2ccc(-c3ccc4c(c3)C(C)(C)c3cc(-c5ccc(-c6cccc7ccccc67)cc5)ccc3-4)cc21. The number of fused-ring (bicyclic) bond motifs is 8. The molecule has 10 aromatic carbocycles. The third-order valence-corrected chi connectivity index (χ3v) is 14.3. The highest BCUT2D eigenvalue weighted by molar-refractivity contribution is 5.98. The summed E-state index contributed by atoms with van der Waals surface area (Å²) < 4.78 is 0. The van der Waals surface area contributed by atoms with Gasteiger partial charge in [-0.05, 0) is 146 Å². The molecule has 0 fully saturated rings. The van der Waals surface area contributed by atoms with Crippen molar-refractivity contribution in [2.75, 3.05) is 0 Å². The van der Waals surface area contributed by atoms with Crippen LogP contribution in [0, 0.1) is 0 Å². The van der Waals surface area contributed by atoms with Crippen molar-refractivity contribution in [1.82, 2.24) is 0 Å². The summed E-state index contributed by atoms with van der Waals surface area (Å²) in [6.07, 6.45) is 0. The van der Waals surface area contributed by atoms with Gasteiger partial charge in [0.15, 0.2) is 0 Å². The van der Waals surface area contributed by atoms with E-state index < -0.39 is 0 Å². The molecule has 12 rings (SSSR count). The molecule has 62 heavy (non-hydrogen) atoms. The molecule has 0 spiro atoms. The molecule has 2 aliphatic rings. The van der Waals surface area contributed by atoms with E-state index in [0.29, 0.717) is 0 Å². The van der Waals surface area contributed by atoms with E-state index in [1.807, 2.05) is 0 Å². The molecule has 0 saturated heterocycles. The van der Waals surface area contributed by atoms with Gasteiger partial charge in [0.25, 0.3) is 0 Å². The van der Waals surface area contributed by atoms with Crippen molar-refractivity contribution in [2.45, 2.75) is 38.5 Å². The maximum atomic E-state index is 2.46. The lowest BCUT2D eigenvalue weighted by Crippen LogP contribution is -2.15. The highest BCUT2D eigenvalue weighted by atomic mass is 14.4. The maximum Gasteiger partial charge on any atom is 0.0159 e. The zero-order chi connectivity index (χ0) is 41.7. The first-order valence-electron chi connectivity index (χ1n) is 22.0. The van der Waals surface area contributed by atoms with E-state index >= 15 is 0 Å². The van der Waals surface area contributed by atoms with E-state index in [1.165, 1.54) is 122 Å². The van der Waals surface area contributed by atoms with Crippen LogP contribution in [0.3, 0.4) is 0 Å². The lowest BCUT2D eigenvalue weighted by molar-refractivity contribution is 0.660. The summed E-state index contributed by atoms with van der Waals surface area (Å²) in [4.78, 5) is 0. The molecule has 2 aliphatic carbocycles. The van der Waals surface area contributed by atoms with Crippen molar-refractivity contribution in [3.05, 3.63) is 229 Å². The summed E-state index contributed by atoms with van der Waals surface area (Å²) in [5, 5.41) is 5.12. The molecule has 0 atom stereocenters. The normalized spacial score (nSPS) is 14.1. The summed E-state index contributed by atoms with van der Waals surface area (Å²) in [6.45, 7) is 9.58. The van der Waals surface area contributed by atoms with Crippen molar-refractivity contribution in [3.8, 4) is 77.9 Å². The smallest absolute Gasteiger partial charge is 0.0159 e. The van der Waals surface area contributed by atoms with E-state index in [1.54, 1.807) is 0 Å². The van der Waals surface area contributed by atoms with Crippen molar-refractivity contribution in [1.29, 1.82) is 0 Å². The Labute approximate surface area is 364 Å². The Hall–Kier alpha value is -7.28. The maximum absolute atomic E-state index is 2.46. The van der Waals surface area contributed by atoms with Crippen LogP contribution in [-0.4, -0.2) is 0 Å². The largest absolute Gasteiger partial charge is 0.0616 e. The van der Waals surface area contributed by atoms with E-state index in [2.05, 4.69) is 234 Å². The quantitative estimate of drug-likeness (QED) is 0.163. The Morgan fingerprint density at radius 3 is 0.855 bits per heavy atom. The molecule has 0 N–H and O–H groups in total. The molecule has 10 aromatic rings. The lowest BCUT2D eigenvalue weighted by Gasteiger charge is -2.24. The van der Waals surface area contributed by atoms with Gasteiger partial charge >= 0.3 is 0 Å². The first-order valence-corrected chi connectivity index (χ1v) is 22.0. The van der Waals surface area contributed by atoms with Crippen LogP contribution < -0.4 is 0 Å². The van der Waals surface area contributed by atoms with Gasteiger partial charge in [0.05, 0.1) is 0 Å². The van der Waals surface area contributed by atoms with Crippen LogP contribution in [-0.2, 0) is 10.8 Å². The van der Waals surface area contributed by atoms with Crippen LogP contribution in [0.25, 0.3) is 99.4 Å². The van der Waals surface area contributed by atoms with Gasteiger partial charge < -0.3 is 0 Å². The molecule has 0 heteroatoms. The molecule has 294 valence electrons. The van der Waals surface area contributed by atoms with Crippen LogP contribution in [0.4, 0.5) is 0 Å². The second-order valence-electron chi connectivity index (χ2n) is 18.5. The fourth-order valence-corrected chi connectivity index (χ4v) is 10.8. The number of hydrogen-bond acceptors (Lipinski definition) is 0. The fraction of sp³-hybridized carbons (Fsp3) is 0.0968. The molecule has 0 heterocycles. The number of benzene rings is 10. The van der Waals surface area contributed by atoms with Crippen molar-refractivity contribution in [3.63, 3.8) is 0 Å². The summed E-state index contributed by atoms with van der Waals surface area (Å²) in [6, 6.07) is 77.2.